The number of hydrogen-bond donors (Lipinski definition) is 4. The number of aliphatic hydroxyl groups is 1. The minimum absolute atomic E-state index is 0.0761. The molecule has 1 aliphatic rings. The van der Waals surface area contributed by atoms with Gasteiger partial charge in [-0.05, 0) is 66.1 Å². The standard InChI is InChI=1S/C39H40N3O11P/c1-4-51-34-36(42-24-23-33(41-37(42)44)40-35(43)26-11-7-5-8-12-26)53-32(39(34,45)54(46,47)48)25-52-38(27-13-9-6-10-14-27,28-15-19-30(49-2)20-16-28)29-17-21-31(50-3)22-18-29/h5-24,32,34,36,45H,4,25H2,1-3H3,(H2,46,47,48)(H,40,41,43,44)/t32-,34+,36-,39+/m1/s1. The highest BCUT2D eigenvalue weighted by molar-refractivity contribution is 7.53. The van der Waals surface area contributed by atoms with Crippen LogP contribution in [0.5, 0.6) is 11.5 Å². The molecule has 4 atom stereocenters. The molecule has 4 N–H and O–H groups in total. The first kappa shape index (κ1) is 38.5. The molecule has 0 radical (unpaired) electrons. The molecule has 6 rings (SSSR count). The van der Waals surface area contributed by atoms with Crippen LogP contribution in [0.1, 0.15) is 40.2 Å². The number of carbonyl (C=O) groups excluding carboxylic acids is 1. The highest BCUT2D eigenvalue weighted by Crippen LogP contribution is 2.60. The maximum absolute atomic E-state index is 13.5. The van der Waals surface area contributed by atoms with E-state index in [0.29, 0.717) is 33.8 Å². The second-order valence-corrected chi connectivity index (χ2v) is 14.2. The molecular formula is C39H40N3O11P. The first-order valence-electron chi connectivity index (χ1n) is 17.0. The molecule has 54 heavy (non-hydrogen) atoms. The molecule has 282 valence electrons. The smallest absolute Gasteiger partial charge is 0.362 e. The zero-order chi connectivity index (χ0) is 38.5. The predicted octanol–water partition coefficient (Wildman–Crippen LogP) is 4.69. The van der Waals surface area contributed by atoms with Gasteiger partial charge in [-0.1, -0.05) is 72.8 Å². The van der Waals surface area contributed by atoms with Gasteiger partial charge >= 0.3 is 13.3 Å². The van der Waals surface area contributed by atoms with Crippen molar-refractivity contribution in [2.75, 3.05) is 32.8 Å². The van der Waals surface area contributed by atoms with Gasteiger partial charge in [0.15, 0.2) is 6.23 Å². The minimum atomic E-state index is -5.52. The van der Waals surface area contributed by atoms with Gasteiger partial charge in [-0.15, -0.1) is 0 Å². The van der Waals surface area contributed by atoms with Gasteiger partial charge in [0.25, 0.3) is 5.91 Å². The van der Waals surface area contributed by atoms with Crippen molar-refractivity contribution in [3.8, 4) is 11.5 Å². The molecule has 2 heterocycles. The molecule has 1 saturated heterocycles. The predicted molar refractivity (Wildman–Crippen MR) is 197 cm³/mol. The SMILES string of the molecule is CCO[C@H]1[C@H](n2ccc(NC(=O)c3ccccc3)nc2=O)O[C@H](COC(c2ccccc2)(c2ccc(OC)cc2)c2ccc(OC)cc2)[C@]1(O)P(=O)(O)O. The highest BCUT2D eigenvalue weighted by atomic mass is 31.2. The van der Waals surface area contributed by atoms with Crippen LogP contribution in [0.25, 0.3) is 0 Å². The summed E-state index contributed by atoms with van der Waals surface area (Å²) < 4.78 is 43.9. The van der Waals surface area contributed by atoms with Crippen LogP contribution >= 0.6 is 7.60 Å². The molecule has 1 aromatic heterocycles. The zero-order valence-corrected chi connectivity index (χ0v) is 30.5. The Kier molecular flexibility index (Phi) is 11.5. The number of ether oxygens (including phenoxy) is 5. The summed E-state index contributed by atoms with van der Waals surface area (Å²) >= 11 is 0. The quantitative estimate of drug-likeness (QED) is 0.0906. The average molecular weight is 758 g/mol. The van der Waals surface area contributed by atoms with Crippen LogP contribution in [0.3, 0.4) is 0 Å². The molecule has 0 unspecified atom stereocenters. The lowest BCUT2D eigenvalue weighted by Gasteiger charge is -2.39. The van der Waals surface area contributed by atoms with Gasteiger partial charge in [0, 0.05) is 18.4 Å². The summed E-state index contributed by atoms with van der Waals surface area (Å²) in [5.74, 6) is 0.580. The van der Waals surface area contributed by atoms with Crippen LogP contribution in [-0.2, 0) is 24.4 Å². The van der Waals surface area contributed by atoms with Gasteiger partial charge in [-0.25, -0.2) is 4.79 Å². The third-order valence-corrected chi connectivity index (χ3v) is 10.8. The van der Waals surface area contributed by atoms with E-state index in [1.807, 2.05) is 30.3 Å². The van der Waals surface area contributed by atoms with Gasteiger partial charge in [-0.3, -0.25) is 13.9 Å². The lowest BCUT2D eigenvalue weighted by Crippen LogP contribution is -2.51. The summed E-state index contributed by atoms with van der Waals surface area (Å²) in [6.45, 7) is 0.847. The van der Waals surface area contributed by atoms with Crippen molar-refractivity contribution in [1.82, 2.24) is 9.55 Å². The highest BCUT2D eigenvalue weighted by Gasteiger charge is 2.67. The van der Waals surface area contributed by atoms with Crippen molar-refractivity contribution in [1.29, 1.82) is 0 Å². The Morgan fingerprint density at radius 1 is 0.870 bits per heavy atom. The first-order chi connectivity index (χ1) is 26.0. The van der Waals surface area contributed by atoms with E-state index < -0.39 is 55.2 Å². The third-order valence-electron chi connectivity index (χ3n) is 9.27. The molecule has 0 aliphatic carbocycles. The van der Waals surface area contributed by atoms with Crippen molar-refractivity contribution in [2.24, 2.45) is 0 Å². The Labute approximate surface area is 311 Å². The van der Waals surface area contributed by atoms with Crippen molar-refractivity contribution >= 4 is 19.3 Å². The van der Waals surface area contributed by atoms with Gasteiger partial charge in [0.1, 0.15) is 35.1 Å². The number of aromatic nitrogens is 2. The summed E-state index contributed by atoms with van der Waals surface area (Å²) in [7, 11) is -2.44. The van der Waals surface area contributed by atoms with E-state index in [1.165, 1.54) is 12.3 Å². The maximum Gasteiger partial charge on any atom is 0.362 e. The molecule has 1 fully saturated rings. The third kappa shape index (κ3) is 7.33. The van der Waals surface area contributed by atoms with Crippen molar-refractivity contribution in [3.63, 3.8) is 0 Å². The van der Waals surface area contributed by atoms with E-state index in [9.17, 15) is 29.0 Å². The van der Waals surface area contributed by atoms with E-state index in [2.05, 4.69) is 10.3 Å². The van der Waals surface area contributed by atoms with Crippen LogP contribution in [0.2, 0.25) is 0 Å². The number of amides is 1. The number of nitrogens with zero attached hydrogens (tertiary/aromatic N) is 2. The first-order valence-corrected chi connectivity index (χ1v) is 18.6. The summed E-state index contributed by atoms with van der Waals surface area (Å²) in [4.78, 5) is 51.7. The topological polar surface area (TPSA) is 188 Å². The monoisotopic (exact) mass is 757 g/mol. The Morgan fingerprint density at radius 3 is 1.91 bits per heavy atom. The summed E-state index contributed by atoms with van der Waals surface area (Å²) in [6.07, 6.45) is -3.87. The fourth-order valence-corrected chi connectivity index (χ4v) is 7.62. The van der Waals surface area contributed by atoms with E-state index in [4.69, 9.17) is 23.7 Å². The average Bonchev–Trinajstić information content (AvgIpc) is 3.48. The number of benzene rings is 4. The minimum Gasteiger partial charge on any atom is -0.497 e. The van der Waals surface area contributed by atoms with Crippen LogP contribution in [0.4, 0.5) is 5.82 Å². The molecule has 1 amide bonds. The lowest BCUT2D eigenvalue weighted by atomic mass is 9.80. The lowest BCUT2D eigenvalue weighted by molar-refractivity contribution is -0.105. The van der Waals surface area contributed by atoms with Gasteiger partial charge in [0.2, 0.25) is 5.34 Å². The van der Waals surface area contributed by atoms with Crippen molar-refractivity contribution in [2.45, 2.75) is 36.3 Å². The Bertz CT molecular complexity index is 2100. The van der Waals surface area contributed by atoms with Crippen LogP contribution in [0.15, 0.2) is 126 Å². The van der Waals surface area contributed by atoms with E-state index in [0.717, 1.165) is 4.57 Å². The number of anilines is 1. The molecular weight excluding hydrogens is 717 g/mol. The van der Waals surface area contributed by atoms with Crippen LogP contribution in [-0.4, -0.2) is 75.3 Å². The van der Waals surface area contributed by atoms with Gasteiger partial charge in [-0.2, -0.15) is 4.98 Å². The number of hydrogen-bond acceptors (Lipinski definition) is 10. The van der Waals surface area contributed by atoms with Crippen molar-refractivity contribution in [3.05, 3.63) is 154 Å². The molecule has 1 aliphatic heterocycles. The normalized spacial score (nSPS) is 20.0. The molecule has 0 bridgehead atoms. The Morgan fingerprint density at radius 2 is 1.41 bits per heavy atom. The summed E-state index contributed by atoms with van der Waals surface area (Å²) in [5.41, 5.74) is -0.184. The molecule has 5 aromatic rings. The second-order valence-electron chi connectivity index (χ2n) is 12.4. The Hall–Kier alpha value is -5.18. The van der Waals surface area contributed by atoms with E-state index in [1.54, 1.807) is 100 Å². The number of rotatable bonds is 14. The molecule has 15 heteroatoms. The zero-order valence-electron chi connectivity index (χ0n) is 29.6. The fourth-order valence-electron chi connectivity index (χ4n) is 6.57. The number of nitrogens with one attached hydrogen (secondary N) is 1. The van der Waals surface area contributed by atoms with Crippen molar-refractivity contribution < 1.29 is 47.9 Å². The second kappa shape index (κ2) is 16.0. The van der Waals surface area contributed by atoms with Crippen LogP contribution < -0.4 is 20.5 Å². The largest absolute Gasteiger partial charge is 0.497 e. The molecule has 14 nitrogen and oxygen atoms in total. The van der Waals surface area contributed by atoms with Gasteiger partial charge in [0.05, 0.1) is 20.8 Å². The Balaban J connectivity index is 1.42. The summed E-state index contributed by atoms with van der Waals surface area (Å²) in [6, 6.07) is 33.0. The molecule has 0 spiro atoms. The summed E-state index contributed by atoms with van der Waals surface area (Å²) in [5, 5.41) is 11.7. The fraction of sp³-hybridized carbons (Fsp3) is 0.256. The van der Waals surface area contributed by atoms with E-state index in [-0.39, 0.29) is 12.4 Å². The number of carbonyl (C=O) groups is 1. The maximum atomic E-state index is 13.5. The molecule has 4 aromatic carbocycles. The molecule has 0 saturated carbocycles. The number of methoxy groups -OCH3 is 2. The van der Waals surface area contributed by atoms with Crippen LogP contribution in [0, 0.1) is 0 Å². The van der Waals surface area contributed by atoms with E-state index >= 15 is 0 Å². The van der Waals surface area contributed by atoms with Gasteiger partial charge < -0.3 is 43.9 Å².